The fourth-order valence-corrected chi connectivity index (χ4v) is 4.14. The van der Waals surface area contributed by atoms with E-state index < -0.39 is 0 Å². The number of nitrogens with zero attached hydrogens (tertiary/aromatic N) is 3. The minimum absolute atomic E-state index is 0.317. The lowest BCUT2D eigenvalue weighted by molar-refractivity contribution is 0.00676. The molecule has 28 heavy (non-hydrogen) atoms. The molecule has 0 unspecified atom stereocenters. The highest BCUT2D eigenvalue weighted by molar-refractivity contribution is 6.30. The highest BCUT2D eigenvalue weighted by atomic mass is 35.5. The number of halogens is 1. The third kappa shape index (κ3) is 5.54. The third-order valence-corrected chi connectivity index (χ3v) is 5.80. The summed E-state index contributed by atoms with van der Waals surface area (Å²) in [5, 5.41) is 4.92. The Kier molecular flexibility index (Phi) is 6.96. The lowest BCUT2D eigenvalue weighted by atomic mass is 10.0. The maximum Gasteiger partial charge on any atom is 0.229 e. The second-order valence-electron chi connectivity index (χ2n) is 7.66. The highest BCUT2D eigenvalue weighted by Crippen LogP contribution is 2.25. The molecule has 4 rings (SSSR count). The number of likely N-dealkylation sites (tertiary alicyclic amines) is 1. The molecule has 0 radical (unpaired) electrons. The Hall–Kier alpha value is -1.47. The van der Waals surface area contributed by atoms with Crippen LogP contribution in [0.3, 0.4) is 0 Å². The molecular weight excluding hydrogens is 378 g/mol. The maximum atomic E-state index is 6.08. The van der Waals surface area contributed by atoms with Gasteiger partial charge in [-0.3, -0.25) is 4.90 Å². The van der Waals surface area contributed by atoms with E-state index in [0.29, 0.717) is 25.0 Å². The molecule has 0 saturated carbocycles. The number of benzene rings is 1. The third-order valence-electron chi connectivity index (χ3n) is 5.56. The summed E-state index contributed by atoms with van der Waals surface area (Å²) in [4.78, 5) is 7.01. The highest BCUT2D eigenvalue weighted by Gasteiger charge is 2.23. The number of hydrogen-bond donors (Lipinski definition) is 0. The van der Waals surface area contributed by atoms with Gasteiger partial charge < -0.3 is 14.0 Å². The van der Waals surface area contributed by atoms with Crippen LogP contribution in [-0.2, 0) is 22.4 Å². The normalized spacial score (nSPS) is 19.9. The molecule has 2 aliphatic heterocycles. The van der Waals surface area contributed by atoms with Crippen LogP contribution in [0.15, 0.2) is 28.8 Å². The first kappa shape index (κ1) is 19.8. The molecule has 2 aromatic rings. The van der Waals surface area contributed by atoms with Crippen LogP contribution in [0.1, 0.15) is 48.9 Å². The average Bonchev–Trinajstić information content (AvgIpc) is 3.19. The van der Waals surface area contributed by atoms with Crippen molar-refractivity contribution in [3.63, 3.8) is 0 Å². The summed E-state index contributed by atoms with van der Waals surface area (Å²) in [6, 6.07) is 8.11. The minimum atomic E-state index is 0.317. The Morgan fingerprint density at radius 2 is 1.96 bits per heavy atom. The zero-order valence-corrected chi connectivity index (χ0v) is 16.9. The van der Waals surface area contributed by atoms with Crippen LogP contribution in [0.2, 0.25) is 5.02 Å². The predicted octanol–water partition coefficient (Wildman–Crippen LogP) is 3.84. The second kappa shape index (κ2) is 9.83. The van der Waals surface area contributed by atoms with Crippen LogP contribution in [0.25, 0.3) is 0 Å². The zero-order valence-electron chi connectivity index (χ0n) is 16.2. The van der Waals surface area contributed by atoms with Gasteiger partial charge in [-0.2, -0.15) is 4.98 Å². The molecule has 6 nitrogen and oxygen atoms in total. The molecule has 152 valence electrons. The van der Waals surface area contributed by atoms with Crippen molar-refractivity contribution in [1.29, 1.82) is 0 Å². The molecule has 1 aromatic heterocycles. The Morgan fingerprint density at radius 1 is 1.14 bits per heavy atom. The van der Waals surface area contributed by atoms with Gasteiger partial charge in [0.1, 0.15) is 0 Å². The number of rotatable bonds is 7. The summed E-state index contributed by atoms with van der Waals surface area (Å²) in [5.41, 5.74) is 1.27. The first-order valence-corrected chi connectivity index (χ1v) is 10.6. The van der Waals surface area contributed by atoms with Gasteiger partial charge in [-0.1, -0.05) is 28.9 Å². The van der Waals surface area contributed by atoms with Gasteiger partial charge in [-0.15, -0.1) is 0 Å². The van der Waals surface area contributed by atoms with Gasteiger partial charge in [0.15, 0.2) is 5.82 Å². The van der Waals surface area contributed by atoms with E-state index in [4.69, 9.17) is 25.6 Å². The molecule has 2 saturated heterocycles. The Bertz CT molecular complexity index is 740. The molecule has 0 N–H and O–H groups in total. The van der Waals surface area contributed by atoms with Crippen LogP contribution in [0, 0.1) is 0 Å². The van der Waals surface area contributed by atoms with Crippen molar-refractivity contribution in [2.24, 2.45) is 0 Å². The van der Waals surface area contributed by atoms with E-state index in [-0.39, 0.29) is 0 Å². The van der Waals surface area contributed by atoms with Gasteiger partial charge >= 0.3 is 0 Å². The number of piperidine rings is 1. The standard InChI is InChI=1S/C21H28ClN3O3/c22-18-3-1-2-16(14-18)15-25-9-4-19(5-10-25)27-13-8-20-23-21(28-24-20)17-6-11-26-12-7-17/h1-3,14,17,19H,4-13,15H2. The molecule has 0 amide bonds. The van der Waals surface area contributed by atoms with Crippen LogP contribution in [-0.4, -0.2) is 54.1 Å². The van der Waals surface area contributed by atoms with Crippen molar-refractivity contribution < 1.29 is 14.0 Å². The summed E-state index contributed by atoms with van der Waals surface area (Å²) in [7, 11) is 0. The van der Waals surface area contributed by atoms with E-state index in [1.807, 2.05) is 18.2 Å². The van der Waals surface area contributed by atoms with Gasteiger partial charge in [0.2, 0.25) is 5.89 Å². The molecule has 0 atom stereocenters. The van der Waals surface area contributed by atoms with Gasteiger partial charge in [0, 0.05) is 50.2 Å². The zero-order chi connectivity index (χ0) is 19.2. The molecule has 3 heterocycles. The van der Waals surface area contributed by atoms with Crippen LogP contribution >= 0.6 is 11.6 Å². The number of hydrogen-bond acceptors (Lipinski definition) is 6. The fourth-order valence-electron chi connectivity index (χ4n) is 3.92. The predicted molar refractivity (Wildman–Crippen MR) is 106 cm³/mol. The lowest BCUT2D eigenvalue weighted by Gasteiger charge is -2.31. The molecule has 0 spiro atoms. The van der Waals surface area contributed by atoms with E-state index in [0.717, 1.165) is 75.3 Å². The summed E-state index contributed by atoms with van der Waals surface area (Å²) < 4.78 is 16.9. The van der Waals surface area contributed by atoms with E-state index in [1.54, 1.807) is 0 Å². The van der Waals surface area contributed by atoms with Crippen molar-refractivity contribution >= 4 is 11.6 Å². The van der Waals surface area contributed by atoms with Crippen LogP contribution in [0.4, 0.5) is 0 Å². The summed E-state index contributed by atoms with van der Waals surface area (Å²) in [6.07, 6.45) is 5.06. The van der Waals surface area contributed by atoms with Gasteiger partial charge in [0.05, 0.1) is 12.7 Å². The molecule has 0 aliphatic carbocycles. The Labute approximate surface area is 171 Å². The van der Waals surface area contributed by atoms with Gasteiger partial charge in [0.25, 0.3) is 0 Å². The monoisotopic (exact) mass is 405 g/mol. The molecule has 2 fully saturated rings. The van der Waals surface area contributed by atoms with Crippen molar-refractivity contribution in [2.75, 3.05) is 32.9 Å². The average molecular weight is 406 g/mol. The largest absolute Gasteiger partial charge is 0.381 e. The van der Waals surface area contributed by atoms with Crippen molar-refractivity contribution in [1.82, 2.24) is 15.0 Å². The SMILES string of the molecule is Clc1cccc(CN2CCC(OCCc3noc(C4CCOCC4)n3)CC2)c1. The summed E-state index contributed by atoms with van der Waals surface area (Å²) >= 11 is 6.08. The van der Waals surface area contributed by atoms with Crippen molar-refractivity contribution in [3.05, 3.63) is 46.6 Å². The molecular formula is C21H28ClN3O3. The molecule has 0 bridgehead atoms. The maximum absolute atomic E-state index is 6.08. The summed E-state index contributed by atoms with van der Waals surface area (Å²) in [6.45, 7) is 5.25. The molecule has 1 aromatic carbocycles. The van der Waals surface area contributed by atoms with E-state index in [1.165, 1.54) is 5.56 Å². The second-order valence-corrected chi connectivity index (χ2v) is 8.10. The van der Waals surface area contributed by atoms with Crippen LogP contribution < -0.4 is 0 Å². The first-order valence-electron chi connectivity index (χ1n) is 10.2. The van der Waals surface area contributed by atoms with E-state index in [2.05, 4.69) is 21.1 Å². The van der Waals surface area contributed by atoms with E-state index >= 15 is 0 Å². The molecule has 7 heteroatoms. The number of ether oxygens (including phenoxy) is 2. The quantitative estimate of drug-likeness (QED) is 0.697. The lowest BCUT2D eigenvalue weighted by Crippen LogP contribution is -2.36. The van der Waals surface area contributed by atoms with Gasteiger partial charge in [-0.05, 0) is 43.4 Å². The Balaban J connectivity index is 1.15. The Morgan fingerprint density at radius 3 is 2.75 bits per heavy atom. The fraction of sp³-hybridized carbons (Fsp3) is 0.619. The smallest absolute Gasteiger partial charge is 0.229 e. The minimum Gasteiger partial charge on any atom is -0.381 e. The van der Waals surface area contributed by atoms with Crippen LogP contribution in [0.5, 0.6) is 0 Å². The topological polar surface area (TPSA) is 60.6 Å². The van der Waals surface area contributed by atoms with Crippen molar-refractivity contribution in [2.45, 2.75) is 50.7 Å². The van der Waals surface area contributed by atoms with E-state index in [9.17, 15) is 0 Å². The van der Waals surface area contributed by atoms with Crippen molar-refractivity contribution in [3.8, 4) is 0 Å². The first-order chi connectivity index (χ1) is 13.8. The van der Waals surface area contributed by atoms with Gasteiger partial charge in [-0.25, -0.2) is 0 Å². The molecule has 2 aliphatic rings. The summed E-state index contributed by atoms with van der Waals surface area (Å²) in [5.74, 6) is 1.85. The number of aromatic nitrogens is 2.